The van der Waals surface area contributed by atoms with E-state index in [4.69, 9.17) is 4.98 Å². The molecule has 2 heteroatoms. The van der Waals surface area contributed by atoms with Gasteiger partial charge in [0.1, 0.15) is 0 Å². The Balaban J connectivity index is 1.48. The van der Waals surface area contributed by atoms with Crippen LogP contribution < -0.4 is 5.32 Å². The first-order valence-corrected chi connectivity index (χ1v) is 12.3. The highest BCUT2D eigenvalue weighted by Gasteiger charge is 2.20. The van der Waals surface area contributed by atoms with Crippen molar-refractivity contribution in [1.29, 1.82) is 0 Å². The van der Waals surface area contributed by atoms with E-state index in [0.717, 1.165) is 24.2 Å². The van der Waals surface area contributed by atoms with Crippen LogP contribution in [-0.2, 0) is 0 Å². The number of fused-ring (bicyclic) bond motifs is 2. The Hall–Kier alpha value is -4.17. The summed E-state index contributed by atoms with van der Waals surface area (Å²) < 4.78 is 0. The summed E-state index contributed by atoms with van der Waals surface area (Å²) in [5.74, 6) is 0. The lowest BCUT2D eigenvalue weighted by molar-refractivity contribution is 0.861. The van der Waals surface area contributed by atoms with Crippen LogP contribution in [-0.4, -0.2) is 4.98 Å². The lowest BCUT2D eigenvalue weighted by Crippen LogP contribution is -2.16. The first kappa shape index (κ1) is 21.4. The quantitative estimate of drug-likeness (QED) is 0.288. The minimum Gasteiger partial charge on any atom is -0.372 e. The van der Waals surface area contributed by atoms with Gasteiger partial charge in [-0.1, -0.05) is 103 Å². The SMILES string of the molecule is Cc1ccc2ccccc2c1NC(C1=CCCC=C1)c1cccc(-c2cccc3ccccc23)n1. The maximum absolute atomic E-state index is 5.24. The zero-order valence-electron chi connectivity index (χ0n) is 19.9. The van der Waals surface area contributed by atoms with Crippen molar-refractivity contribution in [3.05, 3.63) is 132 Å². The summed E-state index contributed by atoms with van der Waals surface area (Å²) in [6.45, 7) is 2.18. The second kappa shape index (κ2) is 9.23. The molecule has 1 aliphatic carbocycles. The predicted octanol–water partition coefficient (Wildman–Crippen LogP) is 8.79. The average molecular weight is 453 g/mol. The highest BCUT2D eigenvalue weighted by Crippen LogP contribution is 2.35. The summed E-state index contributed by atoms with van der Waals surface area (Å²) in [6, 6.07) is 34.3. The van der Waals surface area contributed by atoms with Gasteiger partial charge in [0.25, 0.3) is 0 Å². The number of rotatable bonds is 5. The lowest BCUT2D eigenvalue weighted by Gasteiger charge is -2.25. The van der Waals surface area contributed by atoms with Crippen LogP contribution in [0.1, 0.15) is 30.1 Å². The fourth-order valence-corrected chi connectivity index (χ4v) is 5.10. The maximum atomic E-state index is 5.24. The Bertz CT molecular complexity index is 1590. The van der Waals surface area contributed by atoms with E-state index in [-0.39, 0.29) is 6.04 Å². The van der Waals surface area contributed by atoms with E-state index < -0.39 is 0 Å². The Morgan fingerprint density at radius 3 is 2.29 bits per heavy atom. The van der Waals surface area contributed by atoms with Crippen LogP contribution >= 0.6 is 0 Å². The number of hydrogen-bond acceptors (Lipinski definition) is 2. The first-order chi connectivity index (χ1) is 17.3. The van der Waals surface area contributed by atoms with Crippen molar-refractivity contribution in [2.45, 2.75) is 25.8 Å². The lowest BCUT2D eigenvalue weighted by atomic mass is 9.95. The molecule has 170 valence electrons. The van der Waals surface area contributed by atoms with Crippen LogP contribution in [0, 0.1) is 6.92 Å². The third kappa shape index (κ3) is 4.13. The molecule has 1 aliphatic rings. The first-order valence-electron chi connectivity index (χ1n) is 12.3. The van der Waals surface area contributed by atoms with Crippen LogP contribution in [0.4, 0.5) is 5.69 Å². The van der Waals surface area contributed by atoms with E-state index in [1.54, 1.807) is 0 Å². The van der Waals surface area contributed by atoms with Gasteiger partial charge in [-0.05, 0) is 59.2 Å². The standard InChI is InChI=1S/C33H28N2/c1-23-21-22-25-12-6-8-17-28(25)32(23)35-33(26-13-3-2-4-14-26)31-20-10-19-30(34-31)29-18-9-15-24-11-5-7-16-27(24)29/h3,5-22,33,35H,2,4H2,1H3. The fraction of sp³-hybridized carbons (Fsp3) is 0.121. The number of nitrogens with one attached hydrogen (secondary N) is 1. The summed E-state index contributed by atoms with van der Waals surface area (Å²) in [6.07, 6.45) is 9.03. The van der Waals surface area contributed by atoms with E-state index in [1.165, 1.54) is 43.9 Å². The summed E-state index contributed by atoms with van der Waals surface area (Å²) in [7, 11) is 0. The molecule has 35 heavy (non-hydrogen) atoms. The molecule has 0 saturated heterocycles. The van der Waals surface area contributed by atoms with Gasteiger partial charge in [-0.3, -0.25) is 4.98 Å². The molecule has 1 heterocycles. The molecular formula is C33H28N2. The molecule has 0 spiro atoms. The Kier molecular flexibility index (Phi) is 5.64. The highest BCUT2D eigenvalue weighted by molar-refractivity contribution is 5.96. The van der Waals surface area contributed by atoms with Crippen molar-refractivity contribution in [2.24, 2.45) is 0 Å². The number of allylic oxidation sites excluding steroid dienone is 2. The van der Waals surface area contributed by atoms with Crippen molar-refractivity contribution < 1.29 is 0 Å². The minimum atomic E-state index is -0.0361. The van der Waals surface area contributed by atoms with Gasteiger partial charge in [-0.2, -0.15) is 0 Å². The number of pyridine rings is 1. The molecule has 6 rings (SSSR count). The summed E-state index contributed by atoms with van der Waals surface area (Å²) in [5.41, 5.74) is 6.87. The normalized spacial score (nSPS) is 14.1. The van der Waals surface area contributed by atoms with Crippen molar-refractivity contribution >= 4 is 27.2 Å². The summed E-state index contributed by atoms with van der Waals surface area (Å²) >= 11 is 0. The molecule has 1 unspecified atom stereocenters. The van der Waals surface area contributed by atoms with Crippen LogP contribution in [0.25, 0.3) is 32.8 Å². The number of aryl methyl sites for hydroxylation is 1. The Labute approximate surface area is 206 Å². The van der Waals surface area contributed by atoms with Gasteiger partial charge in [-0.15, -0.1) is 0 Å². The fourth-order valence-electron chi connectivity index (χ4n) is 5.10. The summed E-state index contributed by atoms with van der Waals surface area (Å²) in [4.78, 5) is 5.24. The average Bonchev–Trinajstić information content (AvgIpc) is 2.93. The van der Waals surface area contributed by atoms with Crippen molar-refractivity contribution in [1.82, 2.24) is 4.98 Å². The topological polar surface area (TPSA) is 24.9 Å². The zero-order chi connectivity index (χ0) is 23.6. The molecular weight excluding hydrogens is 424 g/mol. The third-order valence-corrected chi connectivity index (χ3v) is 6.92. The van der Waals surface area contributed by atoms with Crippen molar-refractivity contribution in [2.75, 3.05) is 5.32 Å². The zero-order valence-corrected chi connectivity index (χ0v) is 19.9. The molecule has 0 aliphatic heterocycles. The minimum absolute atomic E-state index is 0.0361. The second-order valence-corrected chi connectivity index (χ2v) is 9.21. The van der Waals surface area contributed by atoms with Gasteiger partial charge >= 0.3 is 0 Å². The van der Waals surface area contributed by atoms with Crippen LogP contribution in [0.2, 0.25) is 0 Å². The van der Waals surface area contributed by atoms with Crippen LogP contribution in [0.5, 0.6) is 0 Å². The van der Waals surface area contributed by atoms with E-state index in [0.29, 0.717) is 0 Å². The molecule has 0 bridgehead atoms. The Morgan fingerprint density at radius 1 is 0.714 bits per heavy atom. The van der Waals surface area contributed by atoms with Crippen LogP contribution in [0.15, 0.2) is 121 Å². The molecule has 1 atom stereocenters. The van der Waals surface area contributed by atoms with E-state index in [9.17, 15) is 0 Å². The predicted molar refractivity (Wildman–Crippen MR) is 149 cm³/mol. The van der Waals surface area contributed by atoms with Gasteiger partial charge in [-0.25, -0.2) is 0 Å². The van der Waals surface area contributed by atoms with Gasteiger partial charge in [0.05, 0.1) is 17.4 Å². The smallest absolute Gasteiger partial charge is 0.0937 e. The highest BCUT2D eigenvalue weighted by atomic mass is 15.0. The Morgan fingerprint density at radius 2 is 1.46 bits per heavy atom. The largest absolute Gasteiger partial charge is 0.372 e. The number of nitrogens with zero attached hydrogens (tertiary/aromatic N) is 1. The van der Waals surface area contributed by atoms with Gasteiger partial charge in [0.15, 0.2) is 0 Å². The van der Waals surface area contributed by atoms with Gasteiger partial charge in [0, 0.05) is 16.6 Å². The summed E-state index contributed by atoms with van der Waals surface area (Å²) in [5, 5.41) is 8.85. The molecule has 0 saturated carbocycles. The molecule has 5 aromatic rings. The van der Waals surface area contributed by atoms with Gasteiger partial charge in [0.2, 0.25) is 0 Å². The molecule has 0 amide bonds. The van der Waals surface area contributed by atoms with E-state index in [1.807, 2.05) is 0 Å². The molecule has 1 N–H and O–H groups in total. The number of benzene rings is 4. The molecule has 2 nitrogen and oxygen atoms in total. The number of aromatic nitrogens is 1. The maximum Gasteiger partial charge on any atom is 0.0937 e. The van der Waals surface area contributed by atoms with Crippen LogP contribution in [0.3, 0.4) is 0 Å². The van der Waals surface area contributed by atoms with Crippen molar-refractivity contribution in [3.63, 3.8) is 0 Å². The molecule has 1 aromatic heterocycles. The van der Waals surface area contributed by atoms with E-state index in [2.05, 4.69) is 128 Å². The monoisotopic (exact) mass is 452 g/mol. The molecule has 0 radical (unpaired) electrons. The third-order valence-electron chi connectivity index (χ3n) is 6.92. The molecule has 4 aromatic carbocycles. The van der Waals surface area contributed by atoms with Gasteiger partial charge < -0.3 is 5.32 Å². The van der Waals surface area contributed by atoms with E-state index >= 15 is 0 Å². The van der Waals surface area contributed by atoms with Crippen molar-refractivity contribution in [3.8, 4) is 11.3 Å². The number of hydrogen-bond donors (Lipinski definition) is 1. The number of anilines is 1. The molecule has 0 fully saturated rings. The second-order valence-electron chi connectivity index (χ2n) is 9.21.